The van der Waals surface area contributed by atoms with Gasteiger partial charge in [-0.1, -0.05) is 54.1 Å². The number of nitrogen functional groups attached to an aromatic ring is 1. The number of nitrogens with zero attached hydrogens (tertiary/aromatic N) is 2. The first-order valence-corrected chi connectivity index (χ1v) is 11.4. The van der Waals surface area contributed by atoms with Gasteiger partial charge in [0, 0.05) is 31.2 Å². The number of aryl methyl sites for hydroxylation is 1. The fraction of sp³-hybridized carbons (Fsp3) is 0.240. The molecule has 1 amide bonds. The van der Waals surface area contributed by atoms with Crippen LogP contribution in [0.25, 0.3) is 11.0 Å². The molecule has 35 heavy (non-hydrogen) atoms. The molecular formula is C25H25ClN4O5. The molecule has 3 N–H and O–H groups in total. The lowest BCUT2D eigenvalue weighted by Gasteiger charge is -2.24. The molecule has 0 aliphatic rings. The van der Waals surface area contributed by atoms with Crippen LogP contribution in [0.5, 0.6) is 0 Å². The quantitative estimate of drug-likeness (QED) is 0.359. The van der Waals surface area contributed by atoms with Gasteiger partial charge in [0.05, 0.1) is 11.6 Å². The van der Waals surface area contributed by atoms with Crippen LogP contribution in [0.15, 0.2) is 62.5 Å². The van der Waals surface area contributed by atoms with E-state index in [9.17, 15) is 14.4 Å². The van der Waals surface area contributed by atoms with Gasteiger partial charge in [-0.25, -0.2) is 4.79 Å². The van der Waals surface area contributed by atoms with Gasteiger partial charge in [0.15, 0.2) is 17.0 Å². The van der Waals surface area contributed by atoms with Crippen molar-refractivity contribution >= 4 is 40.0 Å². The zero-order chi connectivity index (χ0) is 25.1. The molecule has 10 heteroatoms. The van der Waals surface area contributed by atoms with Crippen LogP contribution in [-0.2, 0) is 11.3 Å². The molecule has 4 aromatic rings. The molecule has 182 valence electrons. The van der Waals surface area contributed by atoms with Gasteiger partial charge in [-0.3, -0.25) is 24.0 Å². The fourth-order valence-corrected chi connectivity index (χ4v) is 4.19. The molecule has 9 nitrogen and oxygen atoms in total. The van der Waals surface area contributed by atoms with Crippen molar-refractivity contribution < 1.29 is 13.9 Å². The third-order valence-corrected chi connectivity index (χ3v) is 6.05. The predicted octanol–water partition coefficient (Wildman–Crippen LogP) is 3.56. The van der Waals surface area contributed by atoms with E-state index in [1.807, 2.05) is 30.3 Å². The summed E-state index contributed by atoms with van der Waals surface area (Å²) in [5.74, 6) is -0.668. The van der Waals surface area contributed by atoms with Crippen molar-refractivity contribution in [2.45, 2.75) is 19.9 Å². The molecule has 2 aromatic carbocycles. The molecule has 4 rings (SSSR count). The minimum atomic E-state index is -0.769. The Labute approximate surface area is 205 Å². The van der Waals surface area contributed by atoms with Crippen LogP contribution < -0.4 is 21.9 Å². The van der Waals surface area contributed by atoms with Crippen molar-refractivity contribution in [3.63, 3.8) is 0 Å². The number of aromatic nitrogens is 2. The standard InChI is InChI=1S/C25H25ClN4O5/c1-15-17-10-6-11-18(26)21(17)35-20(15)24(32)29(12-7-13-34-2)19-22(27)30(25(33)28-23(19)31)14-16-8-4-3-5-9-16/h3-6,8-11H,7,12-14,27H2,1-2H3,(H,28,31,33). The number of fused-ring (bicyclic) bond motifs is 1. The number of aromatic amines is 1. The lowest BCUT2D eigenvalue weighted by Crippen LogP contribution is -2.42. The number of rotatable bonds is 8. The van der Waals surface area contributed by atoms with Gasteiger partial charge in [-0.15, -0.1) is 0 Å². The van der Waals surface area contributed by atoms with E-state index in [-0.39, 0.29) is 30.4 Å². The highest BCUT2D eigenvalue weighted by molar-refractivity contribution is 6.35. The number of carbonyl (C=O) groups excluding carboxylic acids is 1. The number of H-pyrrole nitrogens is 1. The molecule has 2 heterocycles. The van der Waals surface area contributed by atoms with Crippen LogP contribution >= 0.6 is 11.6 Å². The minimum Gasteiger partial charge on any atom is -0.449 e. The highest BCUT2D eigenvalue weighted by Gasteiger charge is 2.29. The zero-order valence-corrected chi connectivity index (χ0v) is 20.1. The summed E-state index contributed by atoms with van der Waals surface area (Å²) in [5, 5.41) is 1.05. The van der Waals surface area contributed by atoms with Gasteiger partial charge in [-0.2, -0.15) is 0 Å². The number of para-hydroxylation sites is 1. The number of carbonyl (C=O) groups is 1. The number of nitrogens with one attached hydrogen (secondary N) is 1. The average Bonchev–Trinajstić information content (AvgIpc) is 3.19. The first kappa shape index (κ1) is 24.3. The molecule has 0 bridgehead atoms. The predicted molar refractivity (Wildman–Crippen MR) is 135 cm³/mol. The van der Waals surface area contributed by atoms with E-state index in [0.29, 0.717) is 34.6 Å². The summed E-state index contributed by atoms with van der Waals surface area (Å²) in [7, 11) is 1.54. The van der Waals surface area contributed by atoms with Crippen LogP contribution in [0, 0.1) is 6.92 Å². The van der Waals surface area contributed by atoms with Crippen molar-refractivity contribution in [1.82, 2.24) is 9.55 Å². The third kappa shape index (κ3) is 4.73. The van der Waals surface area contributed by atoms with Crippen molar-refractivity contribution in [3.8, 4) is 0 Å². The molecular weight excluding hydrogens is 472 g/mol. The Kier molecular flexibility index (Phi) is 7.09. The molecule has 0 spiro atoms. The summed E-state index contributed by atoms with van der Waals surface area (Å²) in [4.78, 5) is 42.9. The highest BCUT2D eigenvalue weighted by Crippen LogP contribution is 2.32. The van der Waals surface area contributed by atoms with E-state index in [4.69, 9.17) is 26.5 Å². The number of benzene rings is 2. The molecule has 0 aliphatic carbocycles. The number of hydrogen-bond donors (Lipinski definition) is 2. The summed E-state index contributed by atoms with van der Waals surface area (Å²) >= 11 is 6.26. The summed E-state index contributed by atoms with van der Waals surface area (Å²) in [6.07, 6.45) is 0.416. The topological polar surface area (TPSA) is 124 Å². The van der Waals surface area contributed by atoms with Crippen molar-refractivity contribution in [1.29, 1.82) is 0 Å². The smallest absolute Gasteiger partial charge is 0.330 e. The first-order valence-electron chi connectivity index (χ1n) is 11.0. The Morgan fingerprint density at radius 2 is 1.91 bits per heavy atom. The van der Waals surface area contributed by atoms with E-state index in [1.165, 1.54) is 9.47 Å². The zero-order valence-electron chi connectivity index (χ0n) is 19.3. The van der Waals surface area contributed by atoms with Gasteiger partial charge in [-0.05, 0) is 25.0 Å². The Balaban J connectivity index is 1.84. The second-order valence-corrected chi connectivity index (χ2v) is 8.45. The fourth-order valence-electron chi connectivity index (χ4n) is 3.98. The number of nitrogens with two attached hydrogens (primary N) is 1. The highest BCUT2D eigenvalue weighted by atomic mass is 35.5. The van der Waals surface area contributed by atoms with Crippen molar-refractivity contribution in [3.05, 3.63) is 91.3 Å². The number of furan rings is 1. The summed E-state index contributed by atoms with van der Waals surface area (Å²) in [6, 6.07) is 14.4. The van der Waals surface area contributed by atoms with Gasteiger partial charge >= 0.3 is 5.69 Å². The summed E-state index contributed by atoms with van der Waals surface area (Å²) in [5.41, 5.74) is 6.55. The maximum absolute atomic E-state index is 13.8. The number of methoxy groups -OCH3 is 1. The van der Waals surface area contributed by atoms with Gasteiger partial charge < -0.3 is 14.9 Å². The number of hydrogen-bond acceptors (Lipinski definition) is 6. The van der Waals surface area contributed by atoms with Gasteiger partial charge in [0.25, 0.3) is 11.5 Å². The van der Waals surface area contributed by atoms with Crippen molar-refractivity contribution in [2.75, 3.05) is 30.9 Å². The lowest BCUT2D eigenvalue weighted by atomic mass is 10.1. The van der Waals surface area contributed by atoms with E-state index >= 15 is 0 Å². The number of anilines is 2. The SMILES string of the molecule is COCCCN(C(=O)c1oc2c(Cl)cccc2c1C)c1c(N)n(Cc2ccccc2)c(=O)[nH]c1=O. The van der Waals surface area contributed by atoms with Gasteiger partial charge in [0.1, 0.15) is 5.82 Å². The lowest BCUT2D eigenvalue weighted by molar-refractivity contribution is 0.0958. The van der Waals surface area contributed by atoms with E-state index in [2.05, 4.69) is 4.98 Å². The van der Waals surface area contributed by atoms with E-state index in [0.717, 1.165) is 5.56 Å². The largest absolute Gasteiger partial charge is 0.449 e. The van der Waals surface area contributed by atoms with Gasteiger partial charge in [0.2, 0.25) is 0 Å². The normalized spacial score (nSPS) is 11.2. The first-order chi connectivity index (χ1) is 16.8. The molecule has 0 saturated carbocycles. The Bertz CT molecular complexity index is 1490. The van der Waals surface area contributed by atoms with Crippen LogP contribution in [0.3, 0.4) is 0 Å². The van der Waals surface area contributed by atoms with E-state index in [1.54, 1.807) is 32.2 Å². The second kappa shape index (κ2) is 10.2. The molecule has 0 aliphatic heterocycles. The maximum atomic E-state index is 13.8. The van der Waals surface area contributed by atoms with Crippen LogP contribution in [0.4, 0.5) is 11.5 Å². The number of amides is 1. The molecule has 2 aromatic heterocycles. The molecule has 0 fully saturated rings. The Morgan fingerprint density at radius 1 is 1.17 bits per heavy atom. The minimum absolute atomic E-state index is 0.0325. The van der Waals surface area contributed by atoms with Crippen LogP contribution in [-0.4, -0.2) is 35.7 Å². The summed E-state index contributed by atoms with van der Waals surface area (Å²) < 4.78 is 12.2. The average molecular weight is 497 g/mol. The second-order valence-electron chi connectivity index (χ2n) is 8.04. The van der Waals surface area contributed by atoms with Crippen LogP contribution in [0.2, 0.25) is 5.02 Å². The molecule has 0 saturated heterocycles. The third-order valence-electron chi connectivity index (χ3n) is 5.75. The molecule has 0 radical (unpaired) electrons. The molecule has 0 atom stereocenters. The Morgan fingerprint density at radius 3 is 2.60 bits per heavy atom. The summed E-state index contributed by atoms with van der Waals surface area (Å²) in [6.45, 7) is 2.31. The molecule has 0 unspecified atom stereocenters. The monoisotopic (exact) mass is 496 g/mol. The van der Waals surface area contributed by atoms with Crippen molar-refractivity contribution in [2.24, 2.45) is 0 Å². The number of ether oxygens (including phenoxy) is 1. The number of halogens is 1. The Hall–Kier alpha value is -3.82. The van der Waals surface area contributed by atoms with Crippen LogP contribution in [0.1, 0.15) is 28.1 Å². The maximum Gasteiger partial charge on any atom is 0.330 e. The van der Waals surface area contributed by atoms with E-state index < -0.39 is 17.2 Å².